The number of carbonyl (C=O) groups is 1. The second-order valence-corrected chi connectivity index (χ2v) is 6.20. The van der Waals surface area contributed by atoms with Crippen LogP contribution in [0.15, 0.2) is 18.2 Å². The SMILES string of the molecule is O=Cc1ccc2c(c1)OCCSCCSCCO2. The van der Waals surface area contributed by atoms with Gasteiger partial charge in [-0.2, -0.15) is 23.5 Å². The number of hydrogen-bond acceptors (Lipinski definition) is 5. The Morgan fingerprint density at radius 1 is 0.944 bits per heavy atom. The number of carbonyl (C=O) groups excluding carboxylic acids is 1. The zero-order chi connectivity index (χ0) is 12.6. The molecule has 0 saturated heterocycles. The molecule has 0 saturated carbocycles. The minimum atomic E-state index is 0.617. The second kappa shape index (κ2) is 7.59. The molecule has 0 unspecified atom stereocenters. The van der Waals surface area contributed by atoms with Crippen molar-refractivity contribution in [2.75, 3.05) is 36.2 Å². The van der Waals surface area contributed by atoms with Gasteiger partial charge in [0.05, 0.1) is 13.2 Å². The number of benzene rings is 1. The third kappa shape index (κ3) is 4.14. The van der Waals surface area contributed by atoms with Crippen molar-refractivity contribution in [2.45, 2.75) is 0 Å². The third-order valence-electron chi connectivity index (χ3n) is 2.45. The van der Waals surface area contributed by atoms with Crippen molar-refractivity contribution in [3.05, 3.63) is 23.8 Å². The summed E-state index contributed by atoms with van der Waals surface area (Å²) in [7, 11) is 0. The van der Waals surface area contributed by atoms with Crippen LogP contribution in [-0.2, 0) is 0 Å². The molecule has 0 bridgehead atoms. The molecule has 0 spiro atoms. The van der Waals surface area contributed by atoms with Gasteiger partial charge in [-0.3, -0.25) is 4.79 Å². The number of rotatable bonds is 1. The van der Waals surface area contributed by atoms with Crippen LogP contribution >= 0.6 is 23.5 Å². The molecule has 0 aromatic heterocycles. The summed E-state index contributed by atoms with van der Waals surface area (Å²) in [6, 6.07) is 5.30. The Morgan fingerprint density at radius 2 is 1.61 bits per heavy atom. The Hall–Kier alpha value is -0.810. The monoisotopic (exact) mass is 284 g/mol. The molecule has 2 rings (SSSR count). The molecule has 0 atom stereocenters. The Bertz CT molecular complexity index is 396. The Kier molecular flexibility index (Phi) is 5.74. The first-order chi connectivity index (χ1) is 8.90. The van der Waals surface area contributed by atoms with Crippen molar-refractivity contribution in [3.8, 4) is 11.5 Å². The van der Waals surface area contributed by atoms with Gasteiger partial charge in [-0.25, -0.2) is 0 Å². The van der Waals surface area contributed by atoms with Crippen LogP contribution in [0.4, 0.5) is 0 Å². The van der Waals surface area contributed by atoms with Crippen molar-refractivity contribution in [1.82, 2.24) is 0 Å². The Balaban J connectivity index is 2.09. The van der Waals surface area contributed by atoms with Gasteiger partial charge in [0, 0.05) is 28.6 Å². The van der Waals surface area contributed by atoms with E-state index in [1.165, 1.54) is 0 Å². The van der Waals surface area contributed by atoms with E-state index in [2.05, 4.69) is 0 Å². The summed E-state index contributed by atoms with van der Waals surface area (Å²) in [4.78, 5) is 10.8. The van der Waals surface area contributed by atoms with Gasteiger partial charge in [0.25, 0.3) is 0 Å². The van der Waals surface area contributed by atoms with Crippen molar-refractivity contribution < 1.29 is 14.3 Å². The van der Waals surface area contributed by atoms with Crippen LogP contribution in [0, 0.1) is 0 Å². The molecule has 3 nitrogen and oxygen atoms in total. The molecule has 0 radical (unpaired) electrons. The summed E-state index contributed by atoms with van der Waals surface area (Å²) in [5, 5.41) is 0. The van der Waals surface area contributed by atoms with E-state index in [9.17, 15) is 4.79 Å². The van der Waals surface area contributed by atoms with Gasteiger partial charge in [-0.15, -0.1) is 0 Å². The van der Waals surface area contributed by atoms with E-state index in [1.807, 2.05) is 29.6 Å². The zero-order valence-electron chi connectivity index (χ0n) is 10.1. The maximum Gasteiger partial charge on any atom is 0.161 e. The normalized spacial score (nSPS) is 17.3. The molecule has 1 aliphatic rings. The number of thioether (sulfide) groups is 2. The molecule has 98 valence electrons. The number of hydrogen-bond donors (Lipinski definition) is 0. The molecule has 0 amide bonds. The van der Waals surface area contributed by atoms with Gasteiger partial charge in [0.2, 0.25) is 0 Å². The van der Waals surface area contributed by atoms with Gasteiger partial charge in [0.15, 0.2) is 11.5 Å². The highest BCUT2D eigenvalue weighted by atomic mass is 32.2. The van der Waals surface area contributed by atoms with E-state index in [0.29, 0.717) is 24.5 Å². The Labute approximate surface area is 116 Å². The second-order valence-electron chi connectivity index (χ2n) is 3.75. The van der Waals surface area contributed by atoms with Crippen molar-refractivity contribution >= 4 is 29.8 Å². The molecular weight excluding hydrogens is 268 g/mol. The van der Waals surface area contributed by atoms with Gasteiger partial charge in [-0.05, 0) is 18.2 Å². The first-order valence-corrected chi connectivity index (χ1v) is 8.21. The summed E-state index contributed by atoms with van der Waals surface area (Å²) in [5.41, 5.74) is 0.617. The topological polar surface area (TPSA) is 35.5 Å². The largest absolute Gasteiger partial charge is 0.489 e. The lowest BCUT2D eigenvalue weighted by molar-refractivity contribution is 0.112. The van der Waals surface area contributed by atoms with Crippen LogP contribution in [0.5, 0.6) is 11.5 Å². The third-order valence-corrected chi connectivity index (χ3v) is 4.60. The first kappa shape index (κ1) is 13.6. The summed E-state index contributed by atoms with van der Waals surface area (Å²) in [5.74, 6) is 5.65. The average Bonchev–Trinajstić information content (AvgIpc) is 2.39. The van der Waals surface area contributed by atoms with E-state index in [4.69, 9.17) is 9.47 Å². The van der Waals surface area contributed by atoms with Crippen molar-refractivity contribution in [3.63, 3.8) is 0 Å². The minimum absolute atomic E-state index is 0.617. The van der Waals surface area contributed by atoms with E-state index in [1.54, 1.807) is 12.1 Å². The summed E-state index contributed by atoms with van der Waals surface area (Å²) >= 11 is 3.80. The van der Waals surface area contributed by atoms with Crippen LogP contribution in [0.1, 0.15) is 10.4 Å². The van der Waals surface area contributed by atoms with Crippen LogP contribution in [0.2, 0.25) is 0 Å². The molecule has 1 aromatic carbocycles. The molecule has 0 fully saturated rings. The lowest BCUT2D eigenvalue weighted by Crippen LogP contribution is -2.08. The Morgan fingerprint density at radius 3 is 2.28 bits per heavy atom. The minimum Gasteiger partial charge on any atom is -0.489 e. The first-order valence-electron chi connectivity index (χ1n) is 5.90. The van der Waals surface area contributed by atoms with Crippen LogP contribution in [0.3, 0.4) is 0 Å². The summed E-state index contributed by atoms with van der Waals surface area (Å²) < 4.78 is 11.4. The molecular formula is C13H16O3S2. The molecule has 18 heavy (non-hydrogen) atoms. The highest BCUT2D eigenvalue weighted by molar-refractivity contribution is 8.02. The molecule has 0 N–H and O–H groups in total. The number of fused-ring (bicyclic) bond motifs is 1. The smallest absolute Gasteiger partial charge is 0.161 e. The molecule has 5 heteroatoms. The maximum atomic E-state index is 10.8. The molecule has 1 aromatic rings. The highest BCUT2D eigenvalue weighted by Gasteiger charge is 2.07. The van der Waals surface area contributed by atoms with E-state index in [0.717, 1.165) is 35.0 Å². The molecule has 1 aliphatic heterocycles. The van der Waals surface area contributed by atoms with Crippen molar-refractivity contribution in [2.24, 2.45) is 0 Å². The molecule has 0 aliphatic carbocycles. The van der Waals surface area contributed by atoms with E-state index in [-0.39, 0.29) is 0 Å². The van der Waals surface area contributed by atoms with Crippen LogP contribution in [0.25, 0.3) is 0 Å². The highest BCUT2D eigenvalue weighted by Crippen LogP contribution is 2.28. The zero-order valence-corrected chi connectivity index (χ0v) is 11.7. The number of ether oxygens (including phenoxy) is 2. The quantitative estimate of drug-likeness (QED) is 0.741. The van der Waals surface area contributed by atoms with Gasteiger partial charge in [0.1, 0.15) is 6.29 Å². The van der Waals surface area contributed by atoms with Gasteiger partial charge in [-0.1, -0.05) is 0 Å². The average molecular weight is 284 g/mol. The lowest BCUT2D eigenvalue weighted by Gasteiger charge is -2.14. The predicted molar refractivity (Wildman–Crippen MR) is 77.5 cm³/mol. The molecule has 1 heterocycles. The van der Waals surface area contributed by atoms with Crippen molar-refractivity contribution in [1.29, 1.82) is 0 Å². The summed E-state index contributed by atoms with van der Waals surface area (Å²) in [6.45, 7) is 1.32. The van der Waals surface area contributed by atoms with E-state index >= 15 is 0 Å². The predicted octanol–water partition coefficient (Wildman–Crippen LogP) is 2.74. The van der Waals surface area contributed by atoms with Gasteiger partial charge >= 0.3 is 0 Å². The van der Waals surface area contributed by atoms with E-state index < -0.39 is 0 Å². The fourth-order valence-electron chi connectivity index (χ4n) is 1.57. The van der Waals surface area contributed by atoms with Gasteiger partial charge < -0.3 is 9.47 Å². The maximum absolute atomic E-state index is 10.8. The number of aldehydes is 1. The van der Waals surface area contributed by atoms with Crippen LogP contribution in [-0.4, -0.2) is 42.5 Å². The lowest BCUT2D eigenvalue weighted by atomic mass is 10.2. The standard InChI is InChI=1S/C13H16O3S2/c14-10-11-1-2-12-13(9-11)16-4-6-18-8-7-17-5-3-15-12/h1-2,9-10H,3-8H2. The van der Waals surface area contributed by atoms with Crippen LogP contribution < -0.4 is 9.47 Å². The summed E-state index contributed by atoms with van der Waals surface area (Å²) in [6.07, 6.45) is 0.824. The fraction of sp³-hybridized carbons (Fsp3) is 0.462. The fourth-order valence-corrected chi connectivity index (χ4v) is 3.33.